The van der Waals surface area contributed by atoms with Gasteiger partial charge in [0.05, 0.1) is 11.4 Å². The van der Waals surface area contributed by atoms with Gasteiger partial charge in [0.1, 0.15) is 5.69 Å². The van der Waals surface area contributed by atoms with Crippen LogP contribution in [0.4, 0.5) is 5.69 Å². The summed E-state index contributed by atoms with van der Waals surface area (Å²) in [7, 11) is 0. The lowest BCUT2D eigenvalue weighted by Gasteiger charge is -2.10. The molecule has 132 valence electrons. The molecule has 1 heterocycles. The van der Waals surface area contributed by atoms with Crippen LogP contribution in [0.1, 0.15) is 46.0 Å². The molecule has 2 amide bonds. The number of aromatic amines is 1. The number of amides is 2. The van der Waals surface area contributed by atoms with Crippen LogP contribution in [0, 0.1) is 6.92 Å². The summed E-state index contributed by atoms with van der Waals surface area (Å²) >= 11 is 1.26. The molecule has 25 heavy (non-hydrogen) atoms. The van der Waals surface area contributed by atoms with Gasteiger partial charge in [0, 0.05) is 16.2 Å². The third-order valence-electron chi connectivity index (χ3n) is 3.73. The molecular weight excluding hydrogens is 338 g/mol. The minimum Gasteiger partial charge on any atom is -0.369 e. The quantitative estimate of drug-likeness (QED) is 0.522. The molecule has 0 unspecified atom stereocenters. The van der Waals surface area contributed by atoms with E-state index < -0.39 is 5.91 Å². The van der Waals surface area contributed by atoms with Crippen molar-refractivity contribution in [1.82, 2.24) is 4.98 Å². The number of benzene rings is 1. The first-order valence-electron chi connectivity index (χ1n) is 7.89. The SMILES string of the molecule is CCc1c(C(=O)Nc2ccccc2SCC(N)=O)[nH]c(C)c1C(C)=O. The molecule has 1 aromatic heterocycles. The number of aryl methyl sites for hydroxylation is 1. The lowest BCUT2D eigenvalue weighted by molar-refractivity contribution is -0.115. The Morgan fingerprint density at radius 2 is 1.92 bits per heavy atom. The smallest absolute Gasteiger partial charge is 0.272 e. The van der Waals surface area contributed by atoms with E-state index in [2.05, 4.69) is 10.3 Å². The van der Waals surface area contributed by atoms with E-state index in [4.69, 9.17) is 5.73 Å². The van der Waals surface area contributed by atoms with Crippen LogP contribution >= 0.6 is 11.8 Å². The zero-order valence-electron chi connectivity index (χ0n) is 14.4. The standard InChI is InChI=1S/C18H21N3O3S/c1-4-12-16(11(3)22)10(2)20-17(12)18(24)21-13-7-5-6-8-14(13)25-9-15(19)23/h5-8,20H,4,9H2,1-3H3,(H2,19,23)(H,21,24). The monoisotopic (exact) mass is 359 g/mol. The van der Waals surface area contributed by atoms with Crippen molar-refractivity contribution in [1.29, 1.82) is 0 Å². The van der Waals surface area contributed by atoms with Gasteiger partial charge in [0.2, 0.25) is 5.91 Å². The number of hydrogen-bond acceptors (Lipinski definition) is 4. The molecule has 0 bridgehead atoms. The van der Waals surface area contributed by atoms with Crippen molar-refractivity contribution in [2.45, 2.75) is 32.1 Å². The first-order chi connectivity index (χ1) is 11.8. The first kappa shape index (κ1) is 18.8. The number of nitrogens with one attached hydrogen (secondary N) is 2. The largest absolute Gasteiger partial charge is 0.369 e. The number of primary amides is 1. The molecule has 0 saturated carbocycles. The lowest BCUT2D eigenvalue weighted by atomic mass is 10.0. The van der Waals surface area contributed by atoms with Crippen molar-refractivity contribution in [2.24, 2.45) is 5.73 Å². The van der Waals surface area contributed by atoms with Gasteiger partial charge in [0.25, 0.3) is 5.91 Å². The zero-order chi connectivity index (χ0) is 18.6. The number of aromatic nitrogens is 1. The summed E-state index contributed by atoms with van der Waals surface area (Å²) < 4.78 is 0. The van der Waals surface area contributed by atoms with Gasteiger partial charge < -0.3 is 16.0 Å². The van der Waals surface area contributed by atoms with Gasteiger partial charge in [-0.3, -0.25) is 14.4 Å². The number of hydrogen-bond donors (Lipinski definition) is 3. The highest BCUT2D eigenvalue weighted by Gasteiger charge is 2.22. The van der Waals surface area contributed by atoms with Gasteiger partial charge in [-0.1, -0.05) is 19.1 Å². The van der Waals surface area contributed by atoms with E-state index in [1.807, 2.05) is 19.1 Å². The van der Waals surface area contributed by atoms with Gasteiger partial charge in [-0.25, -0.2) is 0 Å². The normalized spacial score (nSPS) is 10.5. The van der Waals surface area contributed by atoms with Crippen LogP contribution < -0.4 is 11.1 Å². The van der Waals surface area contributed by atoms with E-state index in [9.17, 15) is 14.4 Å². The van der Waals surface area contributed by atoms with Crippen molar-refractivity contribution in [2.75, 3.05) is 11.1 Å². The van der Waals surface area contributed by atoms with E-state index >= 15 is 0 Å². The van der Waals surface area contributed by atoms with Crippen molar-refractivity contribution in [3.05, 3.63) is 46.8 Å². The van der Waals surface area contributed by atoms with Crippen molar-refractivity contribution >= 4 is 35.0 Å². The molecule has 0 aliphatic heterocycles. The highest BCUT2D eigenvalue weighted by atomic mass is 32.2. The Balaban J connectivity index is 2.31. The van der Waals surface area contributed by atoms with Crippen LogP contribution in [0.5, 0.6) is 0 Å². The number of para-hydroxylation sites is 1. The van der Waals surface area contributed by atoms with Crippen LogP contribution in [-0.4, -0.2) is 28.3 Å². The molecule has 4 N–H and O–H groups in total. The summed E-state index contributed by atoms with van der Waals surface area (Å²) in [5.41, 5.74) is 8.14. The highest BCUT2D eigenvalue weighted by molar-refractivity contribution is 8.00. The van der Waals surface area contributed by atoms with E-state index in [-0.39, 0.29) is 17.4 Å². The Hall–Kier alpha value is -2.54. The third kappa shape index (κ3) is 4.30. The van der Waals surface area contributed by atoms with Crippen LogP contribution in [0.2, 0.25) is 0 Å². The van der Waals surface area contributed by atoms with Crippen molar-refractivity contribution < 1.29 is 14.4 Å². The fourth-order valence-corrected chi connectivity index (χ4v) is 3.48. The van der Waals surface area contributed by atoms with Gasteiger partial charge in [-0.05, 0) is 38.0 Å². The average Bonchev–Trinajstić information content (AvgIpc) is 2.90. The summed E-state index contributed by atoms with van der Waals surface area (Å²) in [5, 5.41) is 2.85. The van der Waals surface area contributed by atoms with Crippen LogP contribution in [0.25, 0.3) is 0 Å². The summed E-state index contributed by atoms with van der Waals surface area (Å²) in [4.78, 5) is 39.3. The number of ketones is 1. The second-order valence-corrected chi connectivity index (χ2v) is 6.61. The molecule has 0 atom stereocenters. The molecule has 0 aliphatic rings. The minimum atomic E-state index is -0.425. The van der Waals surface area contributed by atoms with Gasteiger partial charge in [-0.15, -0.1) is 11.8 Å². The van der Waals surface area contributed by atoms with Crippen molar-refractivity contribution in [3.63, 3.8) is 0 Å². The molecule has 7 heteroatoms. The van der Waals surface area contributed by atoms with Gasteiger partial charge >= 0.3 is 0 Å². The predicted molar refractivity (Wildman–Crippen MR) is 99.2 cm³/mol. The molecule has 0 fully saturated rings. The zero-order valence-corrected chi connectivity index (χ0v) is 15.3. The topological polar surface area (TPSA) is 105 Å². The number of carbonyl (C=O) groups is 3. The molecule has 0 saturated heterocycles. The van der Waals surface area contributed by atoms with Crippen LogP contribution in [0.15, 0.2) is 29.2 Å². The number of Topliss-reactive ketones (excluding diaryl/α,β-unsaturated/α-hetero) is 1. The Morgan fingerprint density at radius 1 is 1.24 bits per heavy atom. The van der Waals surface area contributed by atoms with Gasteiger partial charge in [0.15, 0.2) is 5.78 Å². The third-order valence-corrected chi connectivity index (χ3v) is 4.82. The Bertz CT molecular complexity index is 827. The van der Waals surface area contributed by atoms with Gasteiger partial charge in [-0.2, -0.15) is 0 Å². The second-order valence-electron chi connectivity index (χ2n) is 5.59. The number of anilines is 1. The molecular formula is C18H21N3O3S. The molecule has 2 aromatic rings. The maximum atomic E-state index is 12.7. The van der Waals surface area contributed by atoms with Crippen molar-refractivity contribution in [3.8, 4) is 0 Å². The van der Waals surface area contributed by atoms with E-state index in [0.717, 1.165) is 4.90 Å². The first-order valence-corrected chi connectivity index (χ1v) is 8.87. The fourth-order valence-electron chi connectivity index (χ4n) is 2.73. The predicted octanol–water partition coefficient (Wildman–Crippen LogP) is 2.92. The lowest BCUT2D eigenvalue weighted by Crippen LogP contribution is -2.16. The summed E-state index contributed by atoms with van der Waals surface area (Å²) in [6.45, 7) is 5.18. The number of thioether (sulfide) groups is 1. The second kappa shape index (κ2) is 8.02. The number of carbonyl (C=O) groups excluding carboxylic acids is 3. The van der Waals surface area contributed by atoms with E-state index in [1.54, 1.807) is 19.1 Å². The summed E-state index contributed by atoms with van der Waals surface area (Å²) in [5.74, 6) is -0.685. The number of nitrogens with two attached hydrogens (primary N) is 1. The molecule has 2 rings (SSSR count). The van der Waals surface area contributed by atoms with Crippen LogP contribution in [-0.2, 0) is 11.2 Å². The molecule has 1 aromatic carbocycles. The number of H-pyrrole nitrogens is 1. The maximum Gasteiger partial charge on any atom is 0.272 e. The van der Waals surface area contributed by atoms with E-state index in [0.29, 0.717) is 34.6 Å². The highest BCUT2D eigenvalue weighted by Crippen LogP contribution is 2.28. The fraction of sp³-hybridized carbons (Fsp3) is 0.278. The summed E-state index contributed by atoms with van der Waals surface area (Å²) in [6, 6.07) is 7.19. The minimum absolute atomic E-state index is 0.0675. The maximum absolute atomic E-state index is 12.7. The Morgan fingerprint density at radius 3 is 2.52 bits per heavy atom. The van der Waals surface area contributed by atoms with E-state index in [1.165, 1.54) is 18.7 Å². The molecule has 0 aliphatic carbocycles. The molecule has 0 spiro atoms. The van der Waals surface area contributed by atoms with Crippen LogP contribution in [0.3, 0.4) is 0 Å². The number of rotatable bonds is 7. The summed E-state index contributed by atoms with van der Waals surface area (Å²) in [6.07, 6.45) is 0.570. The average molecular weight is 359 g/mol. The Kier molecular flexibility index (Phi) is 6.03. The molecule has 6 nitrogen and oxygen atoms in total. The molecule has 0 radical (unpaired) electrons. The Labute approximate surface area is 150 Å².